The van der Waals surface area contributed by atoms with Gasteiger partial charge in [-0.1, -0.05) is 61.5 Å². The van der Waals surface area contributed by atoms with Crippen LogP contribution in [0.15, 0.2) is 54.6 Å². The first kappa shape index (κ1) is 17.2. The third-order valence-corrected chi connectivity index (χ3v) is 2.47. The van der Waals surface area contributed by atoms with Gasteiger partial charge in [-0.3, -0.25) is 0 Å². The van der Waals surface area contributed by atoms with Crippen molar-refractivity contribution in [3.05, 3.63) is 60.2 Å². The van der Waals surface area contributed by atoms with Crippen molar-refractivity contribution in [2.75, 3.05) is 0 Å². The van der Waals surface area contributed by atoms with Gasteiger partial charge in [-0.15, -0.1) is 0 Å². The second-order valence-electron chi connectivity index (χ2n) is 3.62. The summed E-state index contributed by atoms with van der Waals surface area (Å²) in [6, 6.07) is 19.2. The molecule has 4 heteroatoms. The van der Waals surface area contributed by atoms with Crippen molar-refractivity contribution < 1.29 is 9.59 Å². The number of aryl methyl sites for hydroxylation is 1. The van der Waals surface area contributed by atoms with Gasteiger partial charge in [0.2, 0.25) is 12.2 Å². The molecule has 0 aliphatic heterocycles. The number of carbonyl (C=O) groups excluding carboxylic acids is 2. The number of isocyanates is 2. The molecular weight excluding hydrogens is 252 g/mol. The van der Waals surface area contributed by atoms with E-state index < -0.39 is 0 Å². The summed E-state index contributed by atoms with van der Waals surface area (Å²) < 4.78 is 0. The van der Waals surface area contributed by atoms with E-state index in [-0.39, 0.29) is 0 Å². The van der Waals surface area contributed by atoms with E-state index in [2.05, 4.69) is 55.5 Å². The molecule has 2 N–H and O–H groups in total. The maximum atomic E-state index is 8.35. The predicted molar refractivity (Wildman–Crippen MR) is 78.1 cm³/mol. The minimum absolute atomic E-state index is 0.750. The van der Waals surface area contributed by atoms with Gasteiger partial charge >= 0.3 is 0 Å². The Morgan fingerprint density at radius 2 is 1.20 bits per heavy atom. The zero-order chi connectivity index (χ0) is 15.2. The zero-order valence-corrected chi connectivity index (χ0v) is 11.2. The maximum Gasteiger partial charge on any atom is 0.231 e. The highest BCUT2D eigenvalue weighted by molar-refractivity contribution is 5.63. The minimum atomic E-state index is 0.750. The molecule has 0 amide bonds. The van der Waals surface area contributed by atoms with E-state index in [9.17, 15) is 0 Å². The third-order valence-electron chi connectivity index (χ3n) is 2.47. The molecule has 0 atom stereocenters. The van der Waals surface area contributed by atoms with E-state index in [0.717, 1.165) is 18.6 Å². The topological polar surface area (TPSA) is 81.8 Å². The Hall–Kier alpha value is -2.80. The van der Waals surface area contributed by atoms with Gasteiger partial charge in [-0.2, -0.15) is 0 Å². The second kappa shape index (κ2) is 11.3. The molecule has 0 aromatic heterocycles. The largest absolute Gasteiger partial charge is 0.231 e. The fraction of sp³-hybridized carbons (Fsp3) is 0.125. The monoisotopic (exact) mass is 268 g/mol. The molecule has 0 unspecified atom stereocenters. The van der Waals surface area contributed by atoms with E-state index >= 15 is 0 Å². The summed E-state index contributed by atoms with van der Waals surface area (Å²) in [5.41, 5.74) is 3.97. The molecular formula is C16H16N2O2. The highest BCUT2D eigenvalue weighted by Crippen LogP contribution is 2.19. The van der Waals surface area contributed by atoms with Gasteiger partial charge < -0.3 is 0 Å². The molecule has 20 heavy (non-hydrogen) atoms. The molecule has 0 bridgehead atoms. The van der Waals surface area contributed by atoms with Crippen LogP contribution in [0.1, 0.15) is 12.5 Å². The average Bonchev–Trinajstić information content (AvgIpc) is 2.50. The van der Waals surface area contributed by atoms with Crippen LogP contribution in [-0.4, -0.2) is 12.2 Å². The van der Waals surface area contributed by atoms with Crippen molar-refractivity contribution in [3.63, 3.8) is 0 Å². The summed E-state index contributed by atoms with van der Waals surface area (Å²) in [4.78, 5) is 16.7. The Morgan fingerprint density at radius 1 is 0.800 bits per heavy atom. The predicted octanol–water partition coefficient (Wildman–Crippen LogP) is 3.72. The minimum Gasteiger partial charge on any atom is -0.222 e. The van der Waals surface area contributed by atoms with E-state index in [1.807, 2.05) is 6.07 Å². The first-order valence-electron chi connectivity index (χ1n) is 5.95. The fourth-order valence-corrected chi connectivity index (χ4v) is 1.56. The quantitative estimate of drug-likeness (QED) is 0.642. The van der Waals surface area contributed by atoms with Crippen molar-refractivity contribution in [1.82, 2.24) is 0 Å². The lowest BCUT2D eigenvalue weighted by Crippen LogP contribution is -1.80. The number of rotatable bonds is 2. The molecule has 0 heterocycles. The molecule has 0 saturated heterocycles. The Labute approximate surface area is 118 Å². The van der Waals surface area contributed by atoms with Crippen LogP contribution in [0.2, 0.25) is 0 Å². The molecule has 2 aromatic carbocycles. The number of hydrogen-bond donors (Lipinski definition) is 2. The Kier molecular flexibility index (Phi) is 9.72. The molecule has 0 aliphatic carbocycles. The Morgan fingerprint density at radius 3 is 1.60 bits per heavy atom. The summed E-state index contributed by atoms with van der Waals surface area (Å²) in [6.07, 6.45) is 2.61. The smallest absolute Gasteiger partial charge is 0.222 e. The van der Waals surface area contributed by atoms with Crippen LogP contribution >= 0.6 is 0 Å². The van der Waals surface area contributed by atoms with Gasteiger partial charge in [-0.25, -0.2) is 20.4 Å². The molecule has 0 saturated carbocycles. The van der Waals surface area contributed by atoms with Crippen LogP contribution in [0.25, 0.3) is 11.1 Å². The molecule has 4 nitrogen and oxygen atoms in total. The van der Waals surface area contributed by atoms with Crippen molar-refractivity contribution >= 4 is 12.2 Å². The lowest BCUT2D eigenvalue weighted by Gasteiger charge is -2.02. The molecule has 2 aromatic rings. The molecule has 102 valence electrons. The van der Waals surface area contributed by atoms with E-state index in [4.69, 9.17) is 20.4 Å². The Bertz CT molecular complexity index is 539. The maximum absolute atomic E-state index is 8.35. The van der Waals surface area contributed by atoms with Crippen molar-refractivity contribution in [2.24, 2.45) is 0 Å². The summed E-state index contributed by atoms with van der Waals surface area (Å²) in [5.74, 6) is 0. The van der Waals surface area contributed by atoms with Crippen molar-refractivity contribution in [1.29, 1.82) is 10.8 Å². The van der Waals surface area contributed by atoms with Crippen molar-refractivity contribution in [3.8, 4) is 11.1 Å². The standard InChI is InChI=1S/C14H14.2CHNO/c1-2-12-8-10-14(11-9-12)13-6-4-3-5-7-13;2*2-1-3/h3-11H,2H2,1H3;2*2H. The van der Waals surface area contributed by atoms with Crippen LogP contribution in [0.4, 0.5) is 0 Å². The van der Waals surface area contributed by atoms with Gasteiger partial charge in [-0.05, 0) is 23.1 Å². The third kappa shape index (κ3) is 6.82. The van der Waals surface area contributed by atoms with Gasteiger partial charge in [0.25, 0.3) is 0 Å². The molecule has 0 fully saturated rings. The first-order chi connectivity index (χ1) is 9.73. The van der Waals surface area contributed by atoms with Gasteiger partial charge in [0.1, 0.15) is 0 Å². The van der Waals surface area contributed by atoms with Gasteiger partial charge in [0, 0.05) is 0 Å². The van der Waals surface area contributed by atoms with Crippen LogP contribution in [0.5, 0.6) is 0 Å². The number of nitrogens with one attached hydrogen (secondary N) is 2. The second-order valence-corrected chi connectivity index (χ2v) is 3.62. The number of hydrogen-bond acceptors (Lipinski definition) is 4. The average molecular weight is 268 g/mol. The lowest BCUT2D eigenvalue weighted by molar-refractivity contribution is 0.562. The summed E-state index contributed by atoms with van der Waals surface area (Å²) in [6.45, 7) is 2.18. The van der Waals surface area contributed by atoms with Gasteiger partial charge in [0.05, 0.1) is 0 Å². The Balaban J connectivity index is 0.000000520. The zero-order valence-electron chi connectivity index (χ0n) is 11.2. The van der Waals surface area contributed by atoms with E-state index in [0.29, 0.717) is 0 Å². The van der Waals surface area contributed by atoms with Gasteiger partial charge in [0.15, 0.2) is 0 Å². The molecule has 0 spiro atoms. The normalized spacial score (nSPS) is 7.85. The molecule has 2 rings (SSSR count). The first-order valence-corrected chi connectivity index (χ1v) is 5.95. The van der Waals surface area contributed by atoms with Crippen molar-refractivity contribution in [2.45, 2.75) is 13.3 Å². The van der Waals surface area contributed by atoms with Crippen LogP contribution in [-0.2, 0) is 16.0 Å². The summed E-state index contributed by atoms with van der Waals surface area (Å²) >= 11 is 0. The lowest BCUT2D eigenvalue weighted by atomic mass is 10.0. The van der Waals surface area contributed by atoms with Crippen LogP contribution < -0.4 is 0 Å². The number of benzene rings is 2. The summed E-state index contributed by atoms with van der Waals surface area (Å²) in [7, 11) is 0. The molecule has 0 radical (unpaired) electrons. The highest BCUT2D eigenvalue weighted by Gasteiger charge is 1.95. The van der Waals surface area contributed by atoms with Crippen LogP contribution in [0.3, 0.4) is 0 Å². The SMILES string of the molecule is CCc1ccc(-c2ccccc2)cc1.N=C=O.N=C=O. The highest BCUT2D eigenvalue weighted by atomic mass is 16.1. The van der Waals surface area contributed by atoms with E-state index in [1.54, 1.807) is 0 Å². The molecule has 0 aliphatic rings. The fourth-order valence-electron chi connectivity index (χ4n) is 1.56. The van der Waals surface area contributed by atoms with E-state index in [1.165, 1.54) is 16.7 Å². The van der Waals surface area contributed by atoms with Crippen LogP contribution in [0, 0.1) is 10.8 Å². The summed E-state index contributed by atoms with van der Waals surface area (Å²) in [5, 5.41) is 10.8.